The molecule has 1 N–H and O–H groups in total. The molecule has 0 spiro atoms. The van der Waals surface area contributed by atoms with Crippen LogP contribution < -0.4 is 15.0 Å². The Balaban J connectivity index is 2.00. The number of ether oxygens (including phenoxy) is 2. The molecule has 0 aromatic heterocycles. The number of esters is 1. The van der Waals surface area contributed by atoms with Crippen LogP contribution in [0.5, 0.6) is 5.75 Å². The van der Waals surface area contributed by atoms with Gasteiger partial charge in [-0.2, -0.15) is 13.2 Å². The van der Waals surface area contributed by atoms with Crippen LogP contribution in [0.25, 0.3) is 0 Å². The fraction of sp³-hybridized carbons (Fsp3) is 0.471. The average molecular weight is 423 g/mol. The molecule has 11 heteroatoms. The first kappa shape index (κ1) is 21.8. The second-order valence-electron chi connectivity index (χ2n) is 6.13. The summed E-state index contributed by atoms with van der Waals surface area (Å²) in [6.07, 6.45) is -6.18. The lowest BCUT2D eigenvalue weighted by Crippen LogP contribution is -2.41. The molecule has 154 valence electrons. The normalized spacial score (nSPS) is 18.0. The summed E-state index contributed by atoms with van der Waals surface area (Å²) >= 11 is 5.95. The van der Waals surface area contributed by atoms with Gasteiger partial charge >= 0.3 is 12.1 Å². The molecule has 1 fully saturated rings. The van der Waals surface area contributed by atoms with Gasteiger partial charge in [-0.15, -0.1) is 0 Å². The maximum Gasteiger partial charge on any atom is 0.405 e. The summed E-state index contributed by atoms with van der Waals surface area (Å²) in [5.74, 6) is -2.81. The molecule has 1 aromatic carbocycles. The van der Waals surface area contributed by atoms with Crippen LogP contribution in [0.15, 0.2) is 18.2 Å². The standard InChI is InChI=1S/C17H18ClF3N2O5/c1-9(15(25)22-8-17(19,20)21)28-16(26)10-5-14(24)23(7-10)12-6-11(18)3-4-13(12)27-2/h3-4,6,9-10H,5,7-8H2,1-2H3,(H,22,25)/t9-,10-/m0/s1. The molecule has 1 heterocycles. The van der Waals surface area contributed by atoms with Gasteiger partial charge in [-0.1, -0.05) is 11.6 Å². The van der Waals surface area contributed by atoms with Crippen molar-refractivity contribution in [3.63, 3.8) is 0 Å². The zero-order chi connectivity index (χ0) is 21.1. The monoisotopic (exact) mass is 422 g/mol. The Morgan fingerprint density at radius 2 is 2.07 bits per heavy atom. The predicted molar refractivity (Wildman–Crippen MR) is 93.1 cm³/mol. The molecule has 0 radical (unpaired) electrons. The third-order valence-corrected chi connectivity index (χ3v) is 4.25. The van der Waals surface area contributed by atoms with Gasteiger partial charge in [-0.05, 0) is 25.1 Å². The highest BCUT2D eigenvalue weighted by Crippen LogP contribution is 2.35. The van der Waals surface area contributed by atoms with Crippen molar-refractivity contribution in [1.29, 1.82) is 0 Å². The van der Waals surface area contributed by atoms with Gasteiger partial charge in [0.25, 0.3) is 5.91 Å². The molecular weight excluding hydrogens is 405 g/mol. The van der Waals surface area contributed by atoms with Crippen LogP contribution in [0.4, 0.5) is 18.9 Å². The summed E-state index contributed by atoms with van der Waals surface area (Å²) in [6.45, 7) is -0.415. The molecule has 2 rings (SSSR count). The third-order valence-electron chi connectivity index (χ3n) is 4.02. The molecule has 1 saturated heterocycles. The number of methoxy groups -OCH3 is 1. The van der Waals surface area contributed by atoms with Gasteiger partial charge < -0.3 is 19.7 Å². The second kappa shape index (κ2) is 8.68. The summed E-state index contributed by atoms with van der Waals surface area (Å²) in [7, 11) is 1.42. The summed E-state index contributed by atoms with van der Waals surface area (Å²) in [4.78, 5) is 37.5. The number of nitrogens with zero attached hydrogens (tertiary/aromatic N) is 1. The van der Waals surface area contributed by atoms with Crippen LogP contribution in [0.3, 0.4) is 0 Å². The van der Waals surface area contributed by atoms with E-state index in [1.54, 1.807) is 17.4 Å². The Morgan fingerprint density at radius 3 is 2.68 bits per heavy atom. The van der Waals surface area contributed by atoms with E-state index in [1.165, 1.54) is 18.1 Å². The third kappa shape index (κ3) is 5.51. The number of nitrogens with one attached hydrogen (secondary N) is 1. The van der Waals surface area contributed by atoms with E-state index in [2.05, 4.69) is 0 Å². The maximum absolute atomic E-state index is 12.3. The van der Waals surface area contributed by atoms with Gasteiger partial charge in [0.15, 0.2) is 6.10 Å². The SMILES string of the molecule is COc1ccc(Cl)cc1N1C[C@@H](C(=O)O[C@@H](C)C(=O)NCC(F)(F)F)CC1=O. The number of rotatable bonds is 6. The van der Waals surface area contributed by atoms with Crippen molar-refractivity contribution in [3.05, 3.63) is 23.2 Å². The first-order valence-corrected chi connectivity index (χ1v) is 8.58. The molecule has 0 saturated carbocycles. The Bertz CT molecular complexity index is 772. The zero-order valence-electron chi connectivity index (χ0n) is 15.0. The first-order valence-electron chi connectivity index (χ1n) is 8.20. The fourth-order valence-corrected chi connectivity index (χ4v) is 2.79. The number of carbonyl (C=O) groups excluding carboxylic acids is 3. The highest BCUT2D eigenvalue weighted by atomic mass is 35.5. The fourth-order valence-electron chi connectivity index (χ4n) is 2.63. The number of alkyl halides is 3. The molecule has 0 aliphatic carbocycles. The van der Waals surface area contributed by atoms with Gasteiger partial charge in [-0.3, -0.25) is 14.4 Å². The Labute approximate surface area is 163 Å². The number of benzene rings is 1. The highest BCUT2D eigenvalue weighted by Gasteiger charge is 2.38. The van der Waals surface area contributed by atoms with E-state index in [9.17, 15) is 27.6 Å². The minimum absolute atomic E-state index is 0.0364. The van der Waals surface area contributed by atoms with Crippen LogP contribution in [-0.2, 0) is 19.1 Å². The van der Waals surface area contributed by atoms with Gasteiger partial charge in [-0.25, -0.2) is 0 Å². The zero-order valence-corrected chi connectivity index (χ0v) is 15.8. The number of anilines is 1. The number of halogens is 4. The van der Waals surface area contributed by atoms with Crippen LogP contribution in [-0.4, -0.2) is 50.3 Å². The molecule has 28 heavy (non-hydrogen) atoms. The lowest BCUT2D eigenvalue weighted by molar-refractivity contribution is -0.160. The molecule has 0 unspecified atom stereocenters. The lowest BCUT2D eigenvalue weighted by atomic mass is 10.1. The van der Waals surface area contributed by atoms with Crippen molar-refractivity contribution in [2.24, 2.45) is 5.92 Å². The van der Waals surface area contributed by atoms with Crippen LogP contribution in [0.1, 0.15) is 13.3 Å². The topological polar surface area (TPSA) is 84.9 Å². The van der Waals surface area contributed by atoms with Crippen molar-refractivity contribution in [2.45, 2.75) is 25.6 Å². The number of hydrogen-bond acceptors (Lipinski definition) is 5. The van der Waals surface area contributed by atoms with Gasteiger partial charge in [0.1, 0.15) is 12.3 Å². The average Bonchev–Trinajstić information content (AvgIpc) is 3.00. The first-order chi connectivity index (χ1) is 13.0. The predicted octanol–water partition coefficient (Wildman–Crippen LogP) is 2.31. The van der Waals surface area contributed by atoms with E-state index < -0.39 is 36.6 Å². The summed E-state index contributed by atoms with van der Waals surface area (Å²) in [5.41, 5.74) is 0.381. The molecule has 0 bridgehead atoms. The minimum atomic E-state index is -4.58. The number of amides is 2. The summed E-state index contributed by atoms with van der Waals surface area (Å²) in [6, 6.07) is 4.67. The van der Waals surface area contributed by atoms with E-state index >= 15 is 0 Å². The smallest absolute Gasteiger partial charge is 0.405 e. The van der Waals surface area contributed by atoms with E-state index in [4.69, 9.17) is 21.1 Å². The maximum atomic E-state index is 12.3. The second-order valence-corrected chi connectivity index (χ2v) is 6.57. The van der Waals surface area contributed by atoms with E-state index in [0.29, 0.717) is 16.5 Å². The van der Waals surface area contributed by atoms with Crippen LogP contribution >= 0.6 is 11.6 Å². The molecule has 7 nitrogen and oxygen atoms in total. The van der Waals surface area contributed by atoms with E-state index in [0.717, 1.165) is 6.92 Å². The Morgan fingerprint density at radius 1 is 1.39 bits per heavy atom. The summed E-state index contributed by atoms with van der Waals surface area (Å²) < 4.78 is 46.5. The molecular formula is C17H18ClF3N2O5. The Kier molecular flexibility index (Phi) is 6.76. The van der Waals surface area contributed by atoms with Crippen molar-refractivity contribution < 1.29 is 37.0 Å². The van der Waals surface area contributed by atoms with Crippen molar-refractivity contribution in [3.8, 4) is 5.75 Å². The largest absolute Gasteiger partial charge is 0.495 e. The van der Waals surface area contributed by atoms with Crippen molar-refractivity contribution in [1.82, 2.24) is 5.32 Å². The van der Waals surface area contributed by atoms with E-state index in [1.807, 2.05) is 0 Å². The minimum Gasteiger partial charge on any atom is -0.495 e. The van der Waals surface area contributed by atoms with Crippen LogP contribution in [0, 0.1) is 5.92 Å². The van der Waals surface area contributed by atoms with E-state index in [-0.39, 0.29) is 18.9 Å². The molecule has 1 aromatic rings. The molecule has 2 atom stereocenters. The summed E-state index contributed by atoms with van der Waals surface area (Å²) in [5, 5.41) is 2.00. The van der Waals surface area contributed by atoms with Crippen molar-refractivity contribution >= 4 is 35.1 Å². The molecule has 2 amide bonds. The van der Waals surface area contributed by atoms with Crippen molar-refractivity contribution in [2.75, 3.05) is 25.1 Å². The number of carbonyl (C=O) groups is 3. The van der Waals surface area contributed by atoms with Gasteiger partial charge in [0, 0.05) is 18.0 Å². The van der Waals surface area contributed by atoms with Gasteiger partial charge in [0.2, 0.25) is 5.91 Å². The van der Waals surface area contributed by atoms with Gasteiger partial charge in [0.05, 0.1) is 18.7 Å². The Hall–Kier alpha value is -2.49. The molecule has 1 aliphatic rings. The lowest BCUT2D eigenvalue weighted by Gasteiger charge is -2.20. The number of hydrogen-bond donors (Lipinski definition) is 1. The molecule has 1 aliphatic heterocycles. The quantitative estimate of drug-likeness (QED) is 0.711. The van der Waals surface area contributed by atoms with Crippen LogP contribution in [0.2, 0.25) is 5.02 Å². The highest BCUT2D eigenvalue weighted by molar-refractivity contribution is 6.31.